The van der Waals surface area contributed by atoms with E-state index in [1.807, 2.05) is 12.1 Å². The van der Waals surface area contributed by atoms with Crippen LogP contribution in [0.1, 0.15) is 48.0 Å². The summed E-state index contributed by atoms with van der Waals surface area (Å²) in [6, 6.07) is 13.9. The molecule has 0 aliphatic heterocycles. The molecule has 3 rings (SSSR count). The summed E-state index contributed by atoms with van der Waals surface area (Å²) in [7, 11) is 4.65. The van der Waals surface area contributed by atoms with Gasteiger partial charge in [-0.2, -0.15) is 0 Å². The molecule has 1 amide bonds. The topological polar surface area (TPSA) is 29.1 Å². The van der Waals surface area contributed by atoms with Gasteiger partial charge in [0.25, 0.3) is 5.91 Å². The number of nitrogens with one attached hydrogen (secondary N) is 1. The molecule has 0 radical (unpaired) electrons. The number of hydrogen-bond acceptors (Lipinski definition) is 1. The van der Waals surface area contributed by atoms with Gasteiger partial charge in [0.15, 0.2) is 0 Å². The maximum absolute atomic E-state index is 12.5. The second kappa shape index (κ2) is 9.98. The first-order valence-corrected chi connectivity index (χ1v) is 10.3. The van der Waals surface area contributed by atoms with Crippen molar-refractivity contribution in [2.45, 2.75) is 44.7 Å². The predicted molar refractivity (Wildman–Crippen MR) is 114 cm³/mol. The van der Waals surface area contributed by atoms with Gasteiger partial charge in [-0.05, 0) is 49.9 Å². The first kappa shape index (κ1) is 23.0. The van der Waals surface area contributed by atoms with Crippen molar-refractivity contribution in [2.24, 2.45) is 0 Å². The Morgan fingerprint density at radius 3 is 2.14 bits per heavy atom. The summed E-state index contributed by atoms with van der Waals surface area (Å²) in [6.45, 7) is 0.995. The Morgan fingerprint density at radius 1 is 1.00 bits per heavy atom. The van der Waals surface area contributed by atoms with E-state index in [-0.39, 0.29) is 18.3 Å². The van der Waals surface area contributed by atoms with Crippen LogP contribution >= 0.6 is 23.2 Å². The molecule has 2 aromatic carbocycles. The maximum Gasteiger partial charge on any atom is 0.258 e. The zero-order chi connectivity index (χ0) is 19.4. The van der Waals surface area contributed by atoms with Gasteiger partial charge in [0.1, 0.15) is 6.54 Å². The first-order valence-electron chi connectivity index (χ1n) is 9.54. The fraction of sp³-hybridized carbons (Fsp3) is 0.409. The van der Waals surface area contributed by atoms with Crippen LogP contribution in [0.5, 0.6) is 0 Å². The van der Waals surface area contributed by atoms with Crippen LogP contribution in [0, 0.1) is 0 Å². The van der Waals surface area contributed by atoms with Crippen molar-refractivity contribution in [3.05, 3.63) is 63.6 Å². The van der Waals surface area contributed by atoms with Gasteiger partial charge in [-0.3, -0.25) is 4.79 Å². The van der Waals surface area contributed by atoms with Crippen LogP contribution < -0.4 is 17.7 Å². The highest BCUT2D eigenvalue weighted by atomic mass is 35.5. The van der Waals surface area contributed by atoms with Gasteiger partial charge in [0.2, 0.25) is 0 Å². The molecule has 1 fully saturated rings. The van der Waals surface area contributed by atoms with E-state index in [1.54, 1.807) is 18.2 Å². The molecule has 28 heavy (non-hydrogen) atoms. The van der Waals surface area contributed by atoms with Crippen LogP contribution in [0.25, 0.3) is 0 Å². The highest BCUT2D eigenvalue weighted by Crippen LogP contribution is 2.28. The normalized spacial score (nSPS) is 15.0. The van der Waals surface area contributed by atoms with E-state index >= 15 is 0 Å². The summed E-state index contributed by atoms with van der Waals surface area (Å²) in [6.07, 6.45) is 6.71. The minimum absolute atomic E-state index is 0. The van der Waals surface area contributed by atoms with Crippen molar-refractivity contribution in [3.8, 4) is 0 Å². The number of quaternary nitrogens is 1. The zero-order valence-electron chi connectivity index (χ0n) is 16.4. The number of halogens is 3. The molecule has 1 saturated carbocycles. The monoisotopic (exact) mass is 440 g/mol. The fourth-order valence-electron chi connectivity index (χ4n) is 3.98. The minimum atomic E-state index is -0.295. The van der Waals surface area contributed by atoms with E-state index in [0.717, 1.165) is 22.8 Å². The van der Waals surface area contributed by atoms with Gasteiger partial charge in [-0.15, -0.1) is 0 Å². The second-order valence-electron chi connectivity index (χ2n) is 7.98. The van der Waals surface area contributed by atoms with Crippen molar-refractivity contribution in [1.29, 1.82) is 0 Å². The lowest BCUT2D eigenvalue weighted by Gasteiger charge is -2.40. The molecule has 2 aromatic rings. The third kappa shape index (κ3) is 5.64. The molecule has 0 bridgehead atoms. The number of benzene rings is 2. The Morgan fingerprint density at radius 2 is 1.57 bits per heavy atom. The molecule has 0 saturated heterocycles. The van der Waals surface area contributed by atoms with E-state index in [2.05, 4.69) is 31.5 Å². The molecule has 1 N–H and O–H groups in total. The summed E-state index contributed by atoms with van der Waals surface area (Å²) in [4.78, 5) is 12.5. The summed E-state index contributed by atoms with van der Waals surface area (Å²) >= 11 is 12.2. The minimum Gasteiger partial charge on any atom is -1.00 e. The number of carbonyl (C=O) groups excluding carboxylic acids is 1. The molecule has 1 aliphatic rings. The van der Waals surface area contributed by atoms with Crippen LogP contribution in [-0.2, 0) is 6.54 Å². The summed E-state index contributed by atoms with van der Waals surface area (Å²) in [5.41, 5.74) is 2.32. The average Bonchev–Trinajstić information content (AvgIpc) is 2.64. The number of hydrogen-bond donors (Lipinski definition) is 1. The lowest BCUT2D eigenvalue weighted by atomic mass is 9.92. The van der Waals surface area contributed by atoms with Crippen LogP contribution in [-0.4, -0.2) is 30.5 Å². The number of nitrogens with zero attached hydrogens (tertiary/aromatic N) is 1. The van der Waals surface area contributed by atoms with E-state index in [0.29, 0.717) is 15.6 Å². The van der Waals surface area contributed by atoms with Gasteiger partial charge >= 0.3 is 0 Å². The lowest BCUT2D eigenvalue weighted by molar-refractivity contribution is -0.929. The smallest absolute Gasteiger partial charge is 0.258 e. The lowest BCUT2D eigenvalue weighted by Crippen LogP contribution is -3.00. The van der Waals surface area contributed by atoms with Crippen molar-refractivity contribution in [1.82, 2.24) is 0 Å². The van der Waals surface area contributed by atoms with Crippen molar-refractivity contribution < 1.29 is 21.7 Å². The molecule has 0 heterocycles. The number of anilines is 1. The van der Waals surface area contributed by atoms with Crippen LogP contribution in [0.4, 0.5) is 5.69 Å². The molecule has 3 nitrogen and oxygen atoms in total. The van der Waals surface area contributed by atoms with Crippen molar-refractivity contribution in [3.63, 3.8) is 0 Å². The molecule has 0 atom stereocenters. The molecule has 152 valence electrons. The Kier molecular flexibility index (Phi) is 8.20. The summed E-state index contributed by atoms with van der Waals surface area (Å²) in [5.74, 6) is -0.295. The largest absolute Gasteiger partial charge is 1.00 e. The predicted octanol–water partition coefficient (Wildman–Crippen LogP) is 3.16. The van der Waals surface area contributed by atoms with E-state index < -0.39 is 0 Å². The van der Waals surface area contributed by atoms with Crippen LogP contribution in [0.15, 0.2) is 42.5 Å². The van der Waals surface area contributed by atoms with Gasteiger partial charge in [0, 0.05) is 11.3 Å². The Bertz CT molecular complexity index is 780. The van der Waals surface area contributed by atoms with E-state index in [1.165, 1.54) is 37.7 Å². The quantitative estimate of drug-likeness (QED) is 0.710. The van der Waals surface area contributed by atoms with Gasteiger partial charge in [-0.1, -0.05) is 47.8 Å². The van der Waals surface area contributed by atoms with E-state index in [9.17, 15) is 4.79 Å². The highest BCUT2D eigenvalue weighted by molar-refractivity contribution is 6.40. The Labute approximate surface area is 184 Å². The summed E-state index contributed by atoms with van der Waals surface area (Å²) < 4.78 is 1.01. The van der Waals surface area contributed by atoms with E-state index in [4.69, 9.17) is 23.2 Å². The second-order valence-corrected chi connectivity index (χ2v) is 8.79. The van der Waals surface area contributed by atoms with Crippen molar-refractivity contribution >= 4 is 34.8 Å². The third-order valence-electron chi connectivity index (χ3n) is 5.55. The summed E-state index contributed by atoms with van der Waals surface area (Å²) in [5, 5.41) is 3.58. The first-order chi connectivity index (χ1) is 12.9. The molecule has 0 unspecified atom stereocenters. The SMILES string of the molecule is C[N+](C)(Cc1ccc(NC(=O)c2c(Cl)cccc2Cl)cc1)C1CCCCC1.[Cl-]. The third-order valence-corrected chi connectivity index (χ3v) is 6.18. The molecular formula is C22H27Cl3N2O. The van der Waals surface area contributed by atoms with Gasteiger partial charge < -0.3 is 22.2 Å². The van der Waals surface area contributed by atoms with Gasteiger partial charge in [-0.25, -0.2) is 0 Å². The molecular weight excluding hydrogens is 415 g/mol. The number of carbonyl (C=O) groups is 1. The fourth-order valence-corrected chi connectivity index (χ4v) is 4.55. The van der Waals surface area contributed by atoms with Crippen LogP contribution in [0.2, 0.25) is 10.0 Å². The Hall–Kier alpha value is -1.26. The highest BCUT2D eigenvalue weighted by Gasteiger charge is 2.29. The molecule has 0 aromatic heterocycles. The van der Waals surface area contributed by atoms with Gasteiger partial charge in [0.05, 0.1) is 35.7 Å². The van der Waals surface area contributed by atoms with Crippen LogP contribution in [0.3, 0.4) is 0 Å². The molecule has 6 heteroatoms. The average molecular weight is 442 g/mol. The van der Waals surface area contributed by atoms with Crippen molar-refractivity contribution in [2.75, 3.05) is 19.4 Å². The number of rotatable bonds is 5. The molecule has 0 spiro atoms. The zero-order valence-corrected chi connectivity index (χ0v) is 18.6. The Balaban J connectivity index is 0.00000280. The maximum atomic E-state index is 12.5. The standard InChI is InChI=1S/C22H26Cl2N2O.ClH/c1-26(2,18-7-4-3-5-8-18)15-16-11-13-17(14-12-16)25-22(27)21-19(23)9-6-10-20(21)24;/h6,9-14,18H,3-5,7-8,15H2,1-2H3;1H. The number of amides is 1. The molecule has 1 aliphatic carbocycles.